The third-order valence-corrected chi connectivity index (χ3v) is 4.86. The molecule has 0 heterocycles. The largest absolute Gasteiger partial charge is 0.489 e. The van der Waals surface area contributed by atoms with E-state index in [1.807, 2.05) is 61.6 Å². The number of rotatable bonds is 6. The molecule has 1 N–H and O–H groups in total. The van der Waals surface area contributed by atoms with Crippen LogP contribution in [0.1, 0.15) is 35.2 Å². The highest BCUT2D eigenvalue weighted by Crippen LogP contribution is 2.26. The Hall–Kier alpha value is -2.33. The van der Waals surface area contributed by atoms with Gasteiger partial charge in [-0.3, -0.25) is 4.79 Å². The van der Waals surface area contributed by atoms with E-state index < -0.39 is 0 Å². The average molecular weight is 339 g/mol. The molecular formula is C21H25NO3. The minimum Gasteiger partial charge on any atom is -0.489 e. The van der Waals surface area contributed by atoms with Crippen LogP contribution in [0, 0.1) is 5.92 Å². The van der Waals surface area contributed by atoms with Crippen molar-refractivity contribution in [2.75, 3.05) is 13.6 Å². The molecule has 0 aromatic heterocycles. The summed E-state index contributed by atoms with van der Waals surface area (Å²) in [5, 5.41) is 10.00. The predicted molar refractivity (Wildman–Crippen MR) is 97.5 cm³/mol. The monoisotopic (exact) mass is 339 g/mol. The number of hydrogen-bond donors (Lipinski definition) is 1. The lowest BCUT2D eigenvalue weighted by Crippen LogP contribution is -2.35. The summed E-state index contributed by atoms with van der Waals surface area (Å²) in [4.78, 5) is 14.6. The van der Waals surface area contributed by atoms with E-state index in [1.165, 1.54) is 0 Å². The summed E-state index contributed by atoms with van der Waals surface area (Å²) in [5.74, 6) is 0.945. The van der Waals surface area contributed by atoms with Gasteiger partial charge < -0.3 is 14.7 Å². The number of nitrogens with zero attached hydrogens (tertiary/aromatic N) is 1. The number of aliphatic hydroxyl groups is 1. The molecule has 1 saturated carbocycles. The Balaban J connectivity index is 1.67. The van der Waals surface area contributed by atoms with Gasteiger partial charge in [-0.25, -0.2) is 0 Å². The zero-order chi connectivity index (χ0) is 17.6. The molecule has 2 atom stereocenters. The van der Waals surface area contributed by atoms with Crippen LogP contribution < -0.4 is 4.74 Å². The fourth-order valence-electron chi connectivity index (χ4n) is 3.40. The third-order valence-electron chi connectivity index (χ3n) is 4.86. The van der Waals surface area contributed by atoms with E-state index in [1.54, 1.807) is 4.90 Å². The van der Waals surface area contributed by atoms with E-state index in [2.05, 4.69) is 0 Å². The van der Waals surface area contributed by atoms with Gasteiger partial charge in [0.15, 0.2) is 0 Å². The standard InChI is InChI=1S/C21H25NO3/c1-22(14-16-9-7-13-20(16)23)21(24)19-12-6-5-8-17(19)15-25-18-10-3-2-4-11-18/h2-6,8,10-12,16,20,23H,7,9,13-15H2,1H3. The van der Waals surface area contributed by atoms with Crippen molar-refractivity contribution in [2.24, 2.45) is 5.92 Å². The molecule has 0 aliphatic heterocycles. The van der Waals surface area contributed by atoms with Crippen molar-refractivity contribution in [3.63, 3.8) is 0 Å². The molecule has 2 unspecified atom stereocenters. The number of ether oxygens (including phenoxy) is 1. The zero-order valence-corrected chi connectivity index (χ0v) is 14.6. The molecule has 0 radical (unpaired) electrons. The molecule has 2 aromatic rings. The van der Waals surface area contributed by atoms with E-state index in [0.717, 1.165) is 30.6 Å². The van der Waals surface area contributed by atoms with Crippen molar-refractivity contribution in [2.45, 2.75) is 32.0 Å². The smallest absolute Gasteiger partial charge is 0.254 e. The summed E-state index contributed by atoms with van der Waals surface area (Å²) < 4.78 is 5.80. The topological polar surface area (TPSA) is 49.8 Å². The minimum atomic E-state index is -0.285. The van der Waals surface area contributed by atoms with Gasteiger partial charge in [0, 0.05) is 30.6 Å². The van der Waals surface area contributed by atoms with Gasteiger partial charge in [-0.05, 0) is 31.0 Å². The Morgan fingerprint density at radius 2 is 1.84 bits per heavy atom. The van der Waals surface area contributed by atoms with Crippen molar-refractivity contribution in [1.29, 1.82) is 0 Å². The molecule has 4 heteroatoms. The summed E-state index contributed by atoms with van der Waals surface area (Å²) in [6.45, 7) is 0.944. The van der Waals surface area contributed by atoms with Crippen molar-refractivity contribution in [1.82, 2.24) is 4.90 Å². The zero-order valence-electron chi connectivity index (χ0n) is 14.6. The number of para-hydroxylation sites is 1. The molecule has 1 aliphatic rings. The summed E-state index contributed by atoms with van der Waals surface area (Å²) in [6.07, 6.45) is 2.58. The number of hydrogen-bond acceptors (Lipinski definition) is 3. The SMILES string of the molecule is CN(CC1CCCC1O)C(=O)c1ccccc1COc1ccccc1. The quantitative estimate of drug-likeness (QED) is 0.876. The molecule has 1 fully saturated rings. The maximum Gasteiger partial charge on any atom is 0.254 e. The summed E-state index contributed by atoms with van der Waals surface area (Å²) in [6, 6.07) is 17.1. The number of carbonyl (C=O) groups excluding carboxylic acids is 1. The molecule has 0 spiro atoms. The molecule has 0 bridgehead atoms. The molecule has 25 heavy (non-hydrogen) atoms. The van der Waals surface area contributed by atoms with Gasteiger partial charge >= 0.3 is 0 Å². The summed E-state index contributed by atoms with van der Waals surface area (Å²) in [5.41, 5.74) is 1.53. The maximum absolute atomic E-state index is 12.9. The van der Waals surface area contributed by atoms with Gasteiger partial charge in [-0.2, -0.15) is 0 Å². The van der Waals surface area contributed by atoms with Gasteiger partial charge in [0.2, 0.25) is 0 Å². The van der Waals surface area contributed by atoms with Crippen LogP contribution in [0.3, 0.4) is 0 Å². The van der Waals surface area contributed by atoms with Gasteiger partial charge in [0.05, 0.1) is 6.10 Å². The Kier molecular flexibility index (Phi) is 5.71. The molecule has 1 aliphatic carbocycles. The average Bonchev–Trinajstić information content (AvgIpc) is 3.05. The first-order chi connectivity index (χ1) is 12.1. The van der Waals surface area contributed by atoms with Crippen LogP contribution in [0.15, 0.2) is 54.6 Å². The summed E-state index contributed by atoms with van der Waals surface area (Å²) in [7, 11) is 1.81. The number of amides is 1. The van der Waals surface area contributed by atoms with Crippen molar-refractivity contribution in [3.05, 3.63) is 65.7 Å². The van der Waals surface area contributed by atoms with Crippen molar-refractivity contribution in [3.8, 4) is 5.75 Å². The highest BCUT2D eigenvalue weighted by Gasteiger charge is 2.28. The molecule has 2 aromatic carbocycles. The molecule has 1 amide bonds. The fourth-order valence-corrected chi connectivity index (χ4v) is 3.40. The third kappa shape index (κ3) is 4.40. The van der Waals surface area contributed by atoms with Gasteiger partial charge in [-0.15, -0.1) is 0 Å². The molecule has 132 valence electrons. The van der Waals surface area contributed by atoms with Gasteiger partial charge in [0.1, 0.15) is 12.4 Å². The van der Waals surface area contributed by atoms with Gasteiger partial charge in [-0.1, -0.05) is 42.8 Å². The highest BCUT2D eigenvalue weighted by molar-refractivity contribution is 5.95. The first kappa shape index (κ1) is 17.5. The Morgan fingerprint density at radius 1 is 1.12 bits per heavy atom. The van der Waals surface area contributed by atoms with Crippen LogP contribution in [0.2, 0.25) is 0 Å². The van der Waals surface area contributed by atoms with Crippen molar-refractivity contribution < 1.29 is 14.6 Å². The second-order valence-corrected chi connectivity index (χ2v) is 6.70. The molecular weight excluding hydrogens is 314 g/mol. The van der Waals surface area contributed by atoms with E-state index in [0.29, 0.717) is 18.7 Å². The van der Waals surface area contributed by atoms with Gasteiger partial charge in [0.25, 0.3) is 5.91 Å². The first-order valence-corrected chi connectivity index (χ1v) is 8.84. The van der Waals surface area contributed by atoms with E-state index in [4.69, 9.17) is 4.74 Å². The normalized spacial score (nSPS) is 19.6. The van der Waals surface area contributed by atoms with Crippen LogP contribution in [-0.2, 0) is 6.61 Å². The lowest BCUT2D eigenvalue weighted by Gasteiger charge is -2.24. The lowest BCUT2D eigenvalue weighted by molar-refractivity contribution is 0.0691. The first-order valence-electron chi connectivity index (χ1n) is 8.84. The second-order valence-electron chi connectivity index (χ2n) is 6.70. The Morgan fingerprint density at radius 3 is 2.56 bits per heavy atom. The number of carbonyl (C=O) groups is 1. The molecule has 4 nitrogen and oxygen atoms in total. The minimum absolute atomic E-state index is 0.0219. The van der Waals surface area contributed by atoms with Crippen LogP contribution in [0.25, 0.3) is 0 Å². The van der Waals surface area contributed by atoms with Crippen LogP contribution >= 0.6 is 0 Å². The molecule has 3 rings (SSSR count). The van der Waals surface area contributed by atoms with E-state index in [-0.39, 0.29) is 17.9 Å². The number of aliphatic hydroxyl groups excluding tert-OH is 1. The predicted octanol–water partition coefficient (Wildman–Crippen LogP) is 3.50. The highest BCUT2D eigenvalue weighted by atomic mass is 16.5. The van der Waals surface area contributed by atoms with E-state index >= 15 is 0 Å². The van der Waals surface area contributed by atoms with Crippen molar-refractivity contribution >= 4 is 5.91 Å². The number of benzene rings is 2. The Labute approximate surface area is 149 Å². The maximum atomic E-state index is 12.9. The lowest BCUT2D eigenvalue weighted by atomic mass is 10.0. The van der Waals surface area contributed by atoms with E-state index in [9.17, 15) is 9.90 Å². The Bertz CT molecular complexity index is 701. The molecule has 0 saturated heterocycles. The fraction of sp³-hybridized carbons (Fsp3) is 0.381. The summed E-state index contributed by atoms with van der Waals surface area (Å²) >= 11 is 0. The van der Waals surface area contributed by atoms with Crippen LogP contribution in [0.5, 0.6) is 5.75 Å². The van der Waals surface area contributed by atoms with Crippen LogP contribution in [0.4, 0.5) is 0 Å². The second kappa shape index (κ2) is 8.17. The van der Waals surface area contributed by atoms with Crippen LogP contribution in [-0.4, -0.2) is 35.6 Å².